The standard InChI is InChI=1S/C10H21NO/c1-9(12)6-7-11(2)8-10-4-3-5-10/h9-10,12H,3-8H2,1-2H3. The molecule has 0 aromatic heterocycles. The molecule has 1 saturated carbocycles. The van der Waals surface area contributed by atoms with Gasteiger partial charge < -0.3 is 10.0 Å². The zero-order chi connectivity index (χ0) is 8.97. The second-order valence-electron chi connectivity index (χ2n) is 4.20. The maximum absolute atomic E-state index is 9.08. The molecule has 1 N–H and O–H groups in total. The monoisotopic (exact) mass is 171 g/mol. The molecule has 1 aliphatic rings. The smallest absolute Gasteiger partial charge is 0.0524 e. The summed E-state index contributed by atoms with van der Waals surface area (Å²) in [7, 11) is 2.15. The van der Waals surface area contributed by atoms with Crippen LogP contribution in [0, 0.1) is 5.92 Å². The Kier molecular flexibility index (Phi) is 4.02. The van der Waals surface area contributed by atoms with E-state index in [2.05, 4.69) is 11.9 Å². The van der Waals surface area contributed by atoms with Crippen LogP contribution >= 0.6 is 0 Å². The van der Waals surface area contributed by atoms with Crippen molar-refractivity contribution in [3.63, 3.8) is 0 Å². The summed E-state index contributed by atoms with van der Waals surface area (Å²) in [5.74, 6) is 0.948. The first kappa shape index (κ1) is 10.0. The van der Waals surface area contributed by atoms with Crippen LogP contribution in [0.1, 0.15) is 32.6 Å². The lowest BCUT2D eigenvalue weighted by Crippen LogP contribution is -2.31. The van der Waals surface area contributed by atoms with E-state index >= 15 is 0 Å². The highest BCUT2D eigenvalue weighted by Crippen LogP contribution is 2.26. The van der Waals surface area contributed by atoms with Crippen LogP contribution in [0.4, 0.5) is 0 Å². The van der Waals surface area contributed by atoms with Crippen LogP contribution in [-0.2, 0) is 0 Å². The number of rotatable bonds is 5. The molecule has 0 spiro atoms. The van der Waals surface area contributed by atoms with E-state index in [1.165, 1.54) is 25.8 Å². The van der Waals surface area contributed by atoms with Gasteiger partial charge in [0.25, 0.3) is 0 Å². The van der Waals surface area contributed by atoms with Gasteiger partial charge in [-0.05, 0) is 39.2 Å². The normalized spacial score (nSPS) is 21.0. The molecule has 0 bridgehead atoms. The number of hydrogen-bond donors (Lipinski definition) is 1. The van der Waals surface area contributed by atoms with E-state index in [4.69, 9.17) is 5.11 Å². The Balaban J connectivity index is 1.98. The lowest BCUT2D eigenvalue weighted by atomic mass is 9.85. The zero-order valence-corrected chi connectivity index (χ0v) is 8.29. The first-order valence-corrected chi connectivity index (χ1v) is 5.05. The van der Waals surface area contributed by atoms with Gasteiger partial charge in [-0.25, -0.2) is 0 Å². The van der Waals surface area contributed by atoms with Crippen molar-refractivity contribution in [3.8, 4) is 0 Å². The minimum Gasteiger partial charge on any atom is -0.393 e. The SMILES string of the molecule is CC(O)CCN(C)CC1CCC1. The summed E-state index contributed by atoms with van der Waals surface area (Å²) in [5.41, 5.74) is 0. The summed E-state index contributed by atoms with van der Waals surface area (Å²) in [4.78, 5) is 2.34. The largest absolute Gasteiger partial charge is 0.393 e. The zero-order valence-electron chi connectivity index (χ0n) is 8.29. The molecule has 1 fully saturated rings. The molecule has 1 rings (SSSR count). The predicted molar refractivity (Wildman–Crippen MR) is 51.1 cm³/mol. The van der Waals surface area contributed by atoms with Crippen LogP contribution < -0.4 is 0 Å². The molecule has 0 aromatic carbocycles. The summed E-state index contributed by atoms with van der Waals surface area (Å²) in [5, 5.41) is 9.08. The Morgan fingerprint density at radius 3 is 2.58 bits per heavy atom. The second-order valence-corrected chi connectivity index (χ2v) is 4.20. The average molecular weight is 171 g/mol. The predicted octanol–water partition coefficient (Wildman–Crippen LogP) is 1.49. The van der Waals surface area contributed by atoms with Crippen molar-refractivity contribution < 1.29 is 5.11 Å². The molecule has 0 heterocycles. The third kappa shape index (κ3) is 3.55. The Morgan fingerprint density at radius 2 is 2.17 bits per heavy atom. The Labute approximate surface area is 75.6 Å². The van der Waals surface area contributed by atoms with Gasteiger partial charge in [-0.1, -0.05) is 6.42 Å². The van der Waals surface area contributed by atoms with E-state index in [1.54, 1.807) is 0 Å². The van der Waals surface area contributed by atoms with Gasteiger partial charge >= 0.3 is 0 Å². The van der Waals surface area contributed by atoms with E-state index in [9.17, 15) is 0 Å². The van der Waals surface area contributed by atoms with Gasteiger partial charge in [-0.3, -0.25) is 0 Å². The minimum absolute atomic E-state index is 0.145. The van der Waals surface area contributed by atoms with Crippen LogP contribution in [-0.4, -0.2) is 36.2 Å². The van der Waals surface area contributed by atoms with Gasteiger partial charge in [0, 0.05) is 13.1 Å². The van der Waals surface area contributed by atoms with Crippen LogP contribution in [0.2, 0.25) is 0 Å². The van der Waals surface area contributed by atoms with Crippen molar-refractivity contribution in [1.82, 2.24) is 4.90 Å². The Morgan fingerprint density at radius 1 is 1.50 bits per heavy atom. The molecule has 12 heavy (non-hydrogen) atoms. The highest BCUT2D eigenvalue weighted by Gasteiger charge is 2.18. The van der Waals surface area contributed by atoms with Gasteiger partial charge in [0.15, 0.2) is 0 Å². The van der Waals surface area contributed by atoms with Crippen LogP contribution in [0.5, 0.6) is 0 Å². The quantitative estimate of drug-likeness (QED) is 0.677. The van der Waals surface area contributed by atoms with E-state index < -0.39 is 0 Å². The third-order valence-electron chi connectivity index (χ3n) is 2.72. The first-order valence-electron chi connectivity index (χ1n) is 5.05. The van der Waals surface area contributed by atoms with E-state index in [0.717, 1.165) is 18.9 Å². The molecular formula is C10H21NO. The summed E-state index contributed by atoms with van der Waals surface area (Å²) < 4.78 is 0. The maximum atomic E-state index is 9.08. The summed E-state index contributed by atoms with van der Waals surface area (Å²) in [6, 6.07) is 0. The van der Waals surface area contributed by atoms with Gasteiger partial charge in [-0.15, -0.1) is 0 Å². The van der Waals surface area contributed by atoms with E-state index in [1.807, 2.05) is 6.92 Å². The molecule has 0 aliphatic heterocycles. The molecule has 72 valence electrons. The van der Waals surface area contributed by atoms with Crippen molar-refractivity contribution in [3.05, 3.63) is 0 Å². The lowest BCUT2D eigenvalue weighted by molar-refractivity contribution is 0.147. The second kappa shape index (κ2) is 4.83. The van der Waals surface area contributed by atoms with Gasteiger partial charge in [0.05, 0.1) is 6.10 Å². The summed E-state index contributed by atoms with van der Waals surface area (Å²) >= 11 is 0. The number of aliphatic hydroxyl groups is 1. The number of nitrogens with zero attached hydrogens (tertiary/aromatic N) is 1. The Bertz CT molecular complexity index is 121. The van der Waals surface area contributed by atoms with Gasteiger partial charge in [-0.2, -0.15) is 0 Å². The molecule has 0 radical (unpaired) electrons. The van der Waals surface area contributed by atoms with Crippen molar-refractivity contribution in [1.29, 1.82) is 0 Å². The molecule has 0 saturated heterocycles. The van der Waals surface area contributed by atoms with Crippen LogP contribution in [0.15, 0.2) is 0 Å². The lowest BCUT2D eigenvalue weighted by Gasteiger charge is -2.30. The minimum atomic E-state index is -0.145. The summed E-state index contributed by atoms with van der Waals surface area (Å²) in [6.45, 7) is 4.12. The molecule has 1 atom stereocenters. The molecule has 1 unspecified atom stereocenters. The van der Waals surface area contributed by atoms with Crippen molar-refractivity contribution >= 4 is 0 Å². The summed E-state index contributed by atoms with van der Waals surface area (Å²) in [6.07, 6.45) is 5.02. The van der Waals surface area contributed by atoms with E-state index in [-0.39, 0.29) is 6.10 Å². The first-order chi connectivity index (χ1) is 5.68. The van der Waals surface area contributed by atoms with Crippen LogP contribution in [0.25, 0.3) is 0 Å². The maximum Gasteiger partial charge on any atom is 0.0524 e. The number of hydrogen-bond acceptors (Lipinski definition) is 2. The van der Waals surface area contributed by atoms with Gasteiger partial charge in [0.1, 0.15) is 0 Å². The van der Waals surface area contributed by atoms with Crippen LogP contribution in [0.3, 0.4) is 0 Å². The van der Waals surface area contributed by atoms with Crippen molar-refractivity contribution in [2.24, 2.45) is 5.92 Å². The topological polar surface area (TPSA) is 23.5 Å². The Hall–Kier alpha value is -0.0800. The van der Waals surface area contributed by atoms with Crippen molar-refractivity contribution in [2.45, 2.75) is 38.7 Å². The molecule has 0 aromatic rings. The fraction of sp³-hybridized carbons (Fsp3) is 1.00. The van der Waals surface area contributed by atoms with E-state index in [0.29, 0.717) is 0 Å². The number of aliphatic hydroxyl groups excluding tert-OH is 1. The van der Waals surface area contributed by atoms with Crippen molar-refractivity contribution in [2.75, 3.05) is 20.1 Å². The highest BCUT2D eigenvalue weighted by atomic mass is 16.3. The average Bonchev–Trinajstić information content (AvgIpc) is 1.93. The fourth-order valence-electron chi connectivity index (χ4n) is 1.61. The van der Waals surface area contributed by atoms with Gasteiger partial charge in [0.2, 0.25) is 0 Å². The molecule has 2 nitrogen and oxygen atoms in total. The molecular weight excluding hydrogens is 150 g/mol. The highest BCUT2D eigenvalue weighted by molar-refractivity contribution is 4.72. The third-order valence-corrected chi connectivity index (χ3v) is 2.72. The molecule has 0 amide bonds. The molecule has 1 aliphatic carbocycles. The fourth-order valence-corrected chi connectivity index (χ4v) is 1.61. The molecule has 2 heteroatoms.